The number of hydrogen-bond acceptors (Lipinski definition) is 2. The molecule has 6 atom stereocenters. The fraction of sp³-hybridized carbons (Fsp3) is 0.938. The minimum Gasteiger partial charge on any atom is -0.335 e. The molecule has 0 spiro atoms. The predicted molar refractivity (Wildman–Crippen MR) is 79.7 cm³/mol. The molecule has 4 bridgehead atoms. The largest absolute Gasteiger partial charge is 0.335 e. The number of hydrogen-bond donors (Lipinski definition) is 1. The van der Waals surface area contributed by atoms with Crippen molar-refractivity contribution < 1.29 is 4.79 Å². The number of nitrogens with one attached hydrogen (secondary N) is 1. The first kappa shape index (κ1) is 13.4. The number of rotatable bonds is 1. The van der Waals surface area contributed by atoms with Crippen LogP contribution in [0.15, 0.2) is 0 Å². The van der Waals surface area contributed by atoms with Crippen LogP contribution in [0.1, 0.15) is 38.5 Å². The Morgan fingerprint density at radius 2 is 1.65 bits per heavy atom. The molecule has 6 unspecified atom stereocenters. The molecule has 20 heavy (non-hydrogen) atoms. The first-order chi connectivity index (χ1) is 9.34. The summed E-state index contributed by atoms with van der Waals surface area (Å²) < 4.78 is 0. The highest BCUT2D eigenvalue weighted by Crippen LogP contribution is 2.69. The van der Waals surface area contributed by atoms with Gasteiger partial charge in [0, 0.05) is 24.5 Å². The zero-order chi connectivity index (χ0) is 12.6. The predicted octanol–water partition coefficient (Wildman–Crippen LogP) is 2.05. The van der Waals surface area contributed by atoms with Crippen LogP contribution < -0.4 is 5.32 Å². The normalized spacial score (nSPS) is 51.4. The molecule has 1 amide bonds. The van der Waals surface area contributed by atoms with E-state index in [1.807, 2.05) is 0 Å². The minimum atomic E-state index is 0. The van der Waals surface area contributed by atoms with Crippen LogP contribution in [-0.2, 0) is 4.79 Å². The monoisotopic (exact) mass is 296 g/mol. The van der Waals surface area contributed by atoms with Crippen LogP contribution >= 0.6 is 12.4 Å². The van der Waals surface area contributed by atoms with Gasteiger partial charge in [0.2, 0.25) is 5.91 Å². The number of amides is 1. The third-order valence-electron chi connectivity index (χ3n) is 6.93. The number of carbonyl (C=O) groups excluding carboxylic acids is 1. The Morgan fingerprint density at radius 1 is 0.950 bits per heavy atom. The molecule has 4 heteroatoms. The Kier molecular flexibility index (Phi) is 3.08. The molecule has 112 valence electrons. The summed E-state index contributed by atoms with van der Waals surface area (Å²) in [7, 11) is 0. The molecule has 5 rings (SSSR count). The smallest absolute Gasteiger partial charge is 0.226 e. The van der Waals surface area contributed by atoms with E-state index in [9.17, 15) is 4.79 Å². The molecule has 5 aliphatic rings. The van der Waals surface area contributed by atoms with Gasteiger partial charge in [0.1, 0.15) is 0 Å². The van der Waals surface area contributed by atoms with E-state index < -0.39 is 0 Å². The van der Waals surface area contributed by atoms with Crippen LogP contribution in [-0.4, -0.2) is 36.0 Å². The Balaban J connectivity index is 0.00000106. The van der Waals surface area contributed by atoms with E-state index in [1.54, 1.807) is 0 Å². The van der Waals surface area contributed by atoms with Gasteiger partial charge < -0.3 is 10.2 Å². The van der Waals surface area contributed by atoms with E-state index in [0.29, 0.717) is 23.9 Å². The second kappa shape index (κ2) is 4.61. The van der Waals surface area contributed by atoms with E-state index in [0.717, 1.165) is 36.8 Å². The van der Waals surface area contributed by atoms with E-state index >= 15 is 0 Å². The van der Waals surface area contributed by atoms with Crippen LogP contribution in [0.3, 0.4) is 0 Å². The van der Waals surface area contributed by atoms with Gasteiger partial charge in [-0.05, 0) is 68.7 Å². The first-order valence-electron chi connectivity index (χ1n) is 8.37. The third kappa shape index (κ3) is 1.65. The Hall–Kier alpha value is -0.280. The van der Waals surface area contributed by atoms with Crippen LogP contribution in [0.25, 0.3) is 0 Å². The molecular weight excluding hydrogens is 272 g/mol. The van der Waals surface area contributed by atoms with E-state index in [2.05, 4.69) is 10.2 Å². The van der Waals surface area contributed by atoms with Crippen LogP contribution in [0, 0.1) is 29.6 Å². The number of carbonyl (C=O) groups is 1. The van der Waals surface area contributed by atoms with Gasteiger partial charge in [-0.3, -0.25) is 4.79 Å². The average molecular weight is 297 g/mol. The third-order valence-corrected chi connectivity index (χ3v) is 6.93. The Morgan fingerprint density at radius 3 is 2.40 bits per heavy atom. The molecule has 3 aliphatic carbocycles. The lowest BCUT2D eigenvalue weighted by atomic mass is 10.0. The molecule has 0 radical (unpaired) electrons. The minimum absolute atomic E-state index is 0. The van der Waals surface area contributed by atoms with Gasteiger partial charge in [0.15, 0.2) is 0 Å². The van der Waals surface area contributed by atoms with Crippen LogP contribution in [0.5, 0.6) is 0 Å². The zero-order valence-corrected chi connectivity index (χ0v) is 12.8. The van der Waals surface area contributed by atoms with Gasteiger partial charge >= 0.3 is 0 Å². The maximum Gasteiger partial charge on any atom is 0.226 e. The van der Waals surface area contributed by atoms with Crippen molar-refractivity contribution in [1.82, 2.24) is 10.2 Å². The highest BCUT2D eigenvalue weighted by molar-refractivity contribution is 5.85. The summed E-state index contributed by atoms with van der Waals surface area (Å²) in [6.45, 7) is 2.14. The van der Waals surface area contributed by atoms with Crippen molar-refractivity contribution in [3.05, 3.63) is 0 Å². The maximum absolute atomic E-state index is 13.0. The van der Waals surface area contributed by atoms with Gasteiger partial charge in [-0.2, -0.15) is 0 Å². The summed E-state index contributed by atoms with van der Waals surface area (Å²) in [6, 6.07) is 1.07. The zero-order valence-electron chi connectivity index (χ0n) is 12.0. The van der Waals surface area contributed by atoms with Crippen molar-refractivity contribution in [3.8, 4) is 0 Å². The second-order valence-corrected chi connectivity index (χ2v) is 7.64. The summed E-state index contributed by atoms with van der Waals surface area (Å²) in [4.78, 5) is 15.3. The molecule has 2 aliphatic heterocycles. The first-order valence-corrected chi connectivity index (χ1v) is 8.37. The molecule has 1 N–H and O–H groups in total. The van der Waals surface area contributed by atoms with E-state index in [1.165, 1.54) is 38.5 Å². The highest BCUT2D eigenvalue weighted by atomic mass is 35.5. The lowest BCUT2D eigenvalue weighted by Crippen LogP contribution is -2.44. The summed E-state index contributed by atoms with van der Waals surface area (Å²) in [5.74, 6) is 4.47. The summed E-state index contributed by atoms with van der Waals surface area (Å²) in [6.07, 6.45) is 7.96. The SMILES string of the molecule is Cl.O=C(C1C2C3CCC(C3)C12)N1C2CCNCC1CC2. The Bertz CT molecular complexity index is 399. The summed E-state index contributed by atoms with van der Waals surface area (Å²) >= 11 is 0. The average Bonchev–Trinajstić information content (AvgIpc) is 2.68. The molecule has 2 heterocycles. The second-order valence-electron chi connectivity index (χ2n) is 7.64. The number of nitrogens with zero attached hydrogens (tertiary/aromatic N) is 1. The van der Waals surface area contributed by atoms with Gasteiger partial charge in [-0.25, -0.2) is 0 Å². The van der Waals surface area contributed by atoms with Crippen molar-refractivity contribution in [2.24, 2.45) is 29.6 Å². The van der Waals surface area contributed by atoms with Crippen molar-refractivity contribution in [2.75, 3.05) is 13.1 Å². The lowest BCUT2D eigenvalue weighted by molar-refractivity contribution is -0.136. The fourth-order valence-electron chi connectivity index (χ4n) is 6.17. The van der Waals surface area contributed by atoms with Crippen molar-refractivity contribution in [3.63, 3.8) is 0 Å². The van der Waals surface area contributed by atoms with Crippen LogP contribution in [0.4, 0.5) is 0 Å². The quantitative estimate of drug-likeness (QED) is 0.803. The molecule has 2 saturated heterocycles. The summed E-state index contributed by atoms with van der Waals surface area (Å²) in [5, 5.41) is 3.51. The van der Waals surface area contributed by atoms with Gasteiger partial charge in [0.05, 0.1) is 0 Å². The molecule has 3 saturated carbocycles. The van der Waals surface area contributed by atoms with Gasteiger partial charge in [0.25, 0.3) is 0 Å². The maximum atomic E-state index is 13.0. The van der Waals surface area contributed by atoms with Gasteiger partial charge in [-0.15, -0.1) is 12.4 Å². The highest BCUT2D eigenvalue weighted by Gasteiger charge is 2.68. The summed E-state index contributed by atoms with van der Waals surface area (Å²) in [5.41, 5.74) is 0. The molecule has 0 aromatic heterocycles. The standard InChI is InChI=1S/C16H24N2O.ClH/c19-16(15-13-9-1-2-10(7-9)14(13)15)18-11-3-4-12(18)8-17-6-5-11;/h9-15,17H,1-8H2;1H. The van der Waals surface area contributed by atoms with E-state index in [4.69, 9.17) is 0 Å². The number of halogens is 1. The van der Waals surface area contributed by atoms with Crippen molar-refractivity contribution in [1.29, 1.82) is 0 Å². The van der Waals surface area contributed by atoms with E-state index in [-0.39, 0.29) is 12.4 Å². The number of fused-ring (bicyclic) bond motifs is 7. The Labute approximate surface area is 127 Å². The molecule has 3 nitrogen and oxygen atoms in total. The molecular formula is C16H25ClN2O. The molecule has 5 fully saturated rings. The topological polar surface area (TPSA) is 32.3 Å². The molecule has 0 aromatic carbocycles. The lowest BCUT2D eigenvalue weighted by Gasteiger charge is -2.29. The molecule has 0 aromatic rings. The van der Waals surface area contributed by atoms with Crippen molar-refractivity contribution >= 4 is 18.3 Å². The fourth-order valence-corrected chi connectivity index (χ4v) is 6.17. The van der Waals surface area contributed by atoms with Gasteiger partial charge in [-0.1, -0.05) is 0 Å². The van der Waals surface area contributed by atoms with Crippen LogP contribution in [0.2, 0.25) is 0 Å². The van der Waals surface area contributed by atoms with Crippen molar-refractivity contribution in [2.45, 2.75) is 50.6 Å².